The fourth-order valence-corrected chi connectivity index (χ4v) is 3.48. The van der Waals surface area contributed by atoms with Crippen molar-refractivity contribution < 1.29 is 24.6 Å². The van der Waals surface area contributed by atoms with Gasteiger partial charge in [0.05, 0.1) is 17.6 Å². The third kappa shape index (κ3) is 4.50. The van der Waals surface area contributed by atoms with Crippen LogP contribution in [0, 0.1) is 10.1 Å². The van der Waals surface area contributed by atoms with E-state index in [9.17, 15) is 15.2 Å². The maximum atomic E-state index is 10.9. The summed E-state index contributed by atoms with van der Waals surface area (Å²) in [6.07, 6.45) is 0. The molecule has 0 radical (unpaired) electrons. The predicted molar refractivity (Wildman–Crippen MR) is 96.6 cm³/mol. The van der Waals surface area contributed by atoms with Crippen molar-refractivity contribution >= 4 is 5.69 Å². The molecule has 2 aromatic rings. The van der Waals surface area contributed by atoms with Gasteiger partial charge in [-0.15, -0.1) is 0 Å². The molecule has 7 nitrogen and oxygen atoms in total. The normalized spacial score (nSPS) is 19.9. The Labute approximate surface area is 152 Å². The Morgan fingerprint density at radius 2 is 1.77 bits per heavy atom. The minimum absolute atomic E-state index is 0.152. The van der Waals surface area contributed by atoms with Gasteiger partial charge in [-0.2, -0.15) is 0 Å². The third-order valence-electron chi connectivity index (χ3n) is 4.97. The van der Waals surface area contributed by atoms with E-state index in [4.69, 9.17) is 4.74 Å². The summed E-state index contributed by atoms with van der Waals surface area (Å²) >= 11 is 0. The molecule has 1 saturated heterocycles. The molecule has 1 aliphatic rings. The number of quaternary nitrogens is 2. The Balaban J connectivity index is 1.54. The van der Waals surface area contributed by atoms with Gasteiger partial charge < -0.3 is 19.6 Å². The van der Waals surface area contributed by atoms with Crippen LogP contribution in [0.5, 0.6) is 11.5 Å². The first kappa shape index (κ1) is 18.2. The van der Waals surface area contributed by atoms with Crippen molar-refractivity contribution in [1.82, 2.24) is 0 Å². The Morgan fingerprint density at radius 3 is 2.42 bits per heavy atom. The minimum atomic E-state index is -0.346. The molecule has 138 valence electrons. The zero-order chi connectivity index (χ0) is 18.5. The molecule has 2 aromatic carbocycles. The van der Waals surface area contributed by atoms with Crippen LogP contribution in [0.4, 0.5) is 5.69 Å². The Morgan fingerprint density at radius 1 is 1.08 bits per heavy atom. The molecule has 3 N–H and O–H groups in total. The summed E-state index contributed by atoms with van der Waals surface area (Å²) in [6, 6.07) is 12.2. The second-order valence-corrected chi connectivity index (χ2v) is 6.78. The van der Waals surface area contributed by atoms with E-state index in [0.29, 0.717) is 5.75 Å². The van der Waals surface area contributed by atoms with Crippen molar-refractivity contribution in [2.24, 2.45) is 0 Å². The number of aromatic hydroxyl groups is 1. The van der Waals surface area contributed by atoms with Crippen LogP contribution in [-0.4, -0.2) is 43.3 Å². The molecule has 0 saturated carbocycles. The fourth-order valence-electron chi connectivity index (χ4n) is 3.48. The summed E-state index contributed by atoms with van der Waals surface area (Å²) in [4.78, 5) is 13.4. The van der Waals surface area contributed by atoms with Gasteiger partial charge in [-0.1, -0.05) is 12.1 Å². The van der Waals surface area contributed by atoms with Crippen molar-refractivity contribution in [2.45, 2.75) is 13.1 Å². The first-order chi connectivity index (χ1) is 12.5. The Kier molecular flexibility index (Phi) is 5.70. The molecule has 26 heavy (non-hydrogen) atoms. The number of non-ortho nitro benzene ring substituents is 1. The van der Waals surface area contributed by atoms with E-state index in [1.54, 1.807) is 31.4 Å². The van der Waals surface area contributed by atoms with Crippen LogP contribution >= 0.6 is 0 Å². The van der Waals surface area contributed by atoms with Crippen molar-refractivity contribution in [3.8, 4) is 11.5 Å². The van der Waals surface area contributed by atoms with Gasteiger partial charge in [0.1, 0.15) is 50.8 Å². The fraction of sp³-hybridized carbons (Fsp3) is 0.368. The van der Waals surface area contributed by atoms with E-state index < -0.39 is 0 Å². The van der Waals surface area contributed by atoms with Crippen LogP contribution in [0.15, 0.2) is 42.5 Å². The van der Waals surface area contributed by atoms with Gasteiger partial charge in [-0.05, 0) is 18.2 Å². The van der Waals surface area contributed by atoms with Gasteiger partial charge in [-0.3, -0.25) is 10.1 Å². The standard InChI is InChI=1S/C19H23N3O4/c1-26-18-5-6-19(23)16(12-18)14-21-9-7-20(8-10-21)13-15-3-2-4-17(11-15)22(24)25/h2-6,11-12,23H,7-10,13-14H2,1H3/p+2. The molecular formula is C19H25N3O4+2. The average molecular weight is 359 g/mol. The number of nitrogens with one attached hydrogen (secondary N) is 2. The number of nitrogens with zero attached hydrogens (tertiary/aromatic N) is 1. The summed E-state index contributed by atoms with van der Waals surface area (Å²) in [6.45, 7) is 5.58. The molecule has 0 spiro atoms. The number of phenols is 1. The summed E-state index contributed by atoms with van der Waals surface area (Å²) in [5, 5.41) is 21.0. The zero-order valence-electron chi connectivity index (χ0n) is 14.9. The van der Waals surface area contributed by atoms with E-state index >= 15 is 0 Å². The van der Waals surface area contributed by atoms with Crippen molar-refractivity contribution in [1.29, 1.82) is 0 Å². The van der Waals surface area contributed by atoms with Gasteiger partial charge in [-0.25, -0.2) is 0 Å². The number of nitro groups is 1. The molecule has 1 fully saturated rings. The Bertz CT molecular complexity index is 773. The largest absolute Gasteiger partial charge is 0.507 e. The van der Waals surface area contributed by atoms with Gasteiger partial charge in [0, 0.05) is 17.7 Å². The van der Waals surface area contributed by atoms with E-state index in [1.807, 2.05) is 12.1 Å². The van der Waals surface area contributed by atoms with Gasteiger partial charge in [0.15, 0.2) is 0 Å². The molecule has 0 atom stereocenters. The lowest BCUT2D eigenvalue weighted by Gasteiger charge is -2.30. The predicted octanol–water partition coefficient (Wildman–Crippen LogP) is -0.207. The maximum Gasteiger partial charge on any atom is 0.269 e. The molecule has 0 aliphatic carbocycles. The first-order valence-electron chi connectivity index (χ1n) is 8.81. The highest BCUT2D eigenvalue weighted by Gasteiger charge is 2.24. The minimum Gasteiger partial charge on any atom is -0.507 e. The van der Waals surface area contributed by atoms with Gasteiger partial charge >= 0.3 is 0 Å². The highest BCUT2D eigenvalue weighted by molar-refractivity contribution is 5.38. The first-order valence-corrected chi connectivity index (χ1v) is 8.81. The van der Waals surface area contributed by atoms with E-state index in [0.717, 1.165) is 56.1 Å². The van der Waals surface area contributed by atoms with Crippen molar-refractivity contribution in [2.75, 3.05) is 33.3 Å². The monoisotopic (exact) mass is 359 g/mol. The average Bonchev–Trinajstić information content (AvgIpc) is 2.65. The van der Waals surface area contributed by atoms with Crippen LogP contribution in [0.25, 0.3) is 0 Å². The summed E-state index contributed by atoms with van der Waals surface area (Å²) in [5.41, 5.74) is 2.06. The van der Waals surface area contributed by atoms with Gasteiger partial charge in [0.2, 0.25) is 0 Å². The van der Waals surface area contributed by atoms with Crippen LogP contribution < -0.4 is 14.5 Å². The molecule has 0 aromatic heterocycles. The van der Waals surface area contributed by atoms with Crippen LogP contribution in [0.2, 0.25) is 0 Å². The van der Waals surface area contributed by atoms with Crippen molar-refractivity contribution in [3.05, 3.63) is 63.7 Å². The number of ether oxygens (including phenoxy) is 1. The quantitative estimate of drug-likeness (QED) is 0.493. The molecular weight excluding hydrogens is 334 g/mol. The third-order valence-corrected chi connectivity index (χ3v) is 4.97. The molecule has 0 amide bonds. The lowest BCUT2D eigenvalue weighted by molar-refractivity contribution is -1.02. The molecule has 1 heterocycles. The topological polar surface area (TPSA) is 81.5 Å². The summed E-state index contributed by atoms with van der Waals surface area (Å²) in [5.74, 6) is 1.07. The molecule has 3 rings (SSSR count). The molecule has 7 heteroatoms. The molecule has 0 unspecified atom stereocenters. The number of nitro benzene ring substituents is 1. The summed E-state index contributed by atoms with van der Waals surface area (Å²) < 4.78 is 5.24. The zero-order valence-corrected chi connectivity index (χ0v) is 14.9. The highest BCUT2D eigenvalue weighted by atomic mass is 16.6. The van der Waals surface area contributed by atoms with Crippen LogP contribution in [-0.2, 0) is 13.1 Å². The second kappa shape index (κ2) is 8.16. The Hall–Kier alpha value is -2.64. The number of hydrogen-bond donors (Lipinski definition) is 3. The molecule has 0 bridgehead atoms. The molecule has 1 aliphatic heterocycles. The second-order valence-electron chi connectivity index (χ2n) is 6.78. The lowest BCUT2D eigenvalue weighted by Crippen LogP contribution is -3.27. The SMILES string of the molecule is COc1ccc(O)c(C[NH+]2CC[NH+](Cc3cccc([N+](=O)[O-])c3)CC2)c1. The van der Waals surface area contributed by atoms with Crippen molar-refractivity contribution in [3.63, 3.8) is 0 Å². The number of benzene rings is 2. The van der Waals surface area contributed by atoms with Crippen LogP contribution in [0.1, 0.15) is 11.1 Å². The van der Waals surface area contributed by atoms with Gasteiger partial charge in [0.25, 0.3) is 5.69 Å². The van der Waals surface area contributed by atoms with E-state index in [1.165, 1.54) is 15.9 Å². The number of methoxy groups -OCH3 is 1. The smallest absolute Gasteiger partial charge is 0.269 e. The number of piperazine rings is 1. The summed E-state index contributed by atoms with van der Waals surface area (Å²) in [7, 11) is 1.62. The van der Waals surface area contributed by atoms with E-state index in [2.05, 4.69) is 0 Å². The number of phenolic OH excluding ortho intramolecular Hbond substituents is 1. The lowest BCUT2D eigenvalue weighted by atomic mass is 10.1. The highest BCUT2D eigenvalue weighted by Crippen LogP contribution is 2.21. The van der Waals surface area contributed by atoms with Crippen LogP contribution in [0.3, 0.4) is 0 Å². The number of rotatable bonds is 6. The van der Waals surface area contributed by atoms with E-state index in [-0.39, 0.29) is 10.6 Å². The number of hydrogen-bond acceptors (Lipinski definition) is 4. The maximum absolute atomic E-state index is 10.9.